The lowest BCUT2D eigenvalue weighted by atomic mass is 9.75. The summed E-state index contributed by atoms with van der Waals surface area (Å²) in [5, 5.41) is 18.9. The molecule has 0 aromatic heterocycles. The highest BCUT2D eigenvalue weighted by atomic mass is 16.7. The molecule has 1 aliphatic heterocycles. The average molecular weight is 242 g/mol. The summed E-state index contributed by atoms with van der Waals surface area (Å²) in [5.74, 6) is 1.19. The fraction of sp³-hybridized carbons (Fsp3) is 0.0769. The van der Waals surface area contributed by atoms with Crippen molar-refractivity contribution in [3.05, 3.63) is 42.5 Å². The molecule has 5 heteroatoms. The van der Waals surface area contributed by atoms with E-state index in [1.807, 2.05) is 30.3 Å². The first-order valence-electron chi connectivity index (χ1n) is 5.61. The van der Waals surface area contributed by atoms with Gasteiger partial charge in [-0.2, -0.15) is 0 Å². The summed E-state index contributed by atoms with van der Waals surface area (Å²) in [4.78, 5) is 0. The first-order chi connectivity index (χ1) is 8.77. The Balaban J connectivity index is 2.25. The van der Waals surface area contributed by atoms with Crippen molar-refractivity contribution in [2.45, 2.75) is 0 Å². The molecule has 2 aromatic carbocycles. The summed E-state index contributed by atoms with van der Waals surface area (Å²) in [5.41, 5.74) is 1.94. The second-order valence-electron chi connectivity index (χ2n) is 4.00. The van der Waals surface area contributed by atoms with Crippen LogP contribution in [0.3, 0.4) is 0 Å². The maximum atomic E-state index is 9.46. The van der Waals surface area contributed by atoms with Gasteiger partial charge in [-0.3, -0.25) is 0 Å². The normalized spacial score (nSPS) is 12.6. The van der Waals surface area contributed by atoms with Crippen molar-refractivity contribution in [1.29, 1.82) is 0 Å². The van der Waals surface area contributed by atoms with E-state index in [0.717, 1.165) is 5.56 Å². The van der Waals surface area contributed by atoms with Gasteiger partial charge in [0.15, 0.2) is 11.5 Å². The number of hydrogen-bond donors (Lipinski definition) is 2. The van der Waals surface area contributed by atoms with E-state index in [2.05, 4.69) is 0 Å². The van der Waals surface area contributed by atoms with Crippen molar-refractivity contribution in [1.82, 2.24) is 0 Å². The zero-order chi connectivity index (χ0) is 12.5. The van der Waals surface area contributed by atoms with Crippen molar-refractivity contribution in [3.8, 4) is 22.6 Å². The number of benzene rings is 2. The molecule has 0 saturated heterocycles. The van der Waals surface area contributed by atoms with E-state index in [-0.39, 0.29) is 6.79 Å². The van der Waals surface area contributed by atoms with E-state index >= 15 is 0 Å². The van der Waals surface area contributed by atoms with Crippen LogP contribution in [0.25, 0.3) is 11.1 Å². The molecule has 0 bridgehead atoms. The molecule has 0 amide bonds. The predicted molar refractivity (Wildman–Crippen MR) is 67.8 cm³/mol. The van der Waals surface area contributed by atoms with Gasteiger partial charge in [0, 0.05) is 5.56 Å². The molecule has 0 unspecified atom stereocenters. The van der Waals surface area contributed by atoms with Crippen LogP contribution in [-0.2, 0) is 0 Å². The molecule has 1 aliphatic rings. The smallest absolute Gasteiger partial charge is 0.454 e. The maximum absolute atomic E-state index is 9.46. The summed E-state index contributed by atoms with van der Waals surface area (Å²) in [7, 11) is -1.55. The Morgan fingerprint density at radius 3 is 2.44 bits per heavy atom. The summed E-state index contributed by atoms with van der Waals surface area (Å²) < 4.78 is 10.7. The minimum absolute atomic E-state index is 0.153. The van der Waals surface area contributed by atoms with E-state index in [1.54, 1.807) is 12.1 Å². The Hall–Kier alpha value is -1.98. The largest absolute Gasteiger partial charge is 0.489 e. The molecule has 0 spiro atoms. The fourth-order valence-electron chi connectivity index (χ4n) is 2.11. The molecular formula is C13H11BO4. The minimum Gasteiger partial charge on any atom is -0.454 e. The van der Waals surface area contributed by atoms with E-state index in [0.29, 0.717) is 22.5 Å². The van der Waals surface area contributed by atoms with Gasteiger partial charge in [0.05, 0.1) is 0 Å². The van der Waals surface area contributed by atoms with Gasteiger partial charge < -0.3 is 19.5 Å². The van der Waals surface area contributed by atoms with Crippen molar-refractivity contribution in [2.24, 2.45) is 0 Å². The van der Waals surface area contributed by atoms with Gasteiger partial charge in [-0.15, -0.1) is 0 Å². The minimum atomic E-state index is -1.55. The lowest BCUT2D eigenvalue weighted by Crippen LogP contribution is -2.31. The van der Waals surface area contributed by atoms with Crippen molar-refractivity contribution in [2.75, 3.05) is 6.79 Å². The summed E-state index contributed by atoms with van der Waals surface area (Å²) >= 11 is 0. The topological polar surface area (TPSA) is 58.9 Å². The van der Waals surface area contributed by atoms with Crippen molar-refractivity contribution < 1.29 is 19.5 Å². The zero-order valence-corrected chi connectivity index (χ0v) is 9.54. The summed E-state index contributed by atoms with van der Waals surface area (Å²) in [6.45, 7) is 0.153. The monoisotopic (exact) mass is 242 g/mol. The molecule has 0 fully saturated rings. The van der Waals surface area contributed by atoms with E-state index in [4.69, 9.17) is 9.47 Å². The van der Waals surface area contributed by atoms with Gasteiger partial charge in [-0.1, -0.05) is 36.4 Å². The quantitative estimate of drug-likeness (QED) is 0.763. The lowest BCUT2D eigenvalue weighted by Gasteiger charge is -2.12. The Kier molecular flexibility index (Phi) is 2.70. The van der Waals surface area contributed by atoms with Crippen LogP contribution in [-0.4, -0.2) is 24.0 Å². The van der Waals surface area contributed by atoms with Crippen LogP contribution in [0.4, 0.5) is 0 Å². The highest BCUT2D eigenvalue weighted by molar-refractivity contribution is 6.60. The van der Waals surface area contributed by atoms with E-state index in [9.17, 15) is 10.0 Å². The number of fused-ring (bicyclic) bond motifs is 1. The van der Waals surface area contributed by atoms with E-state index < -0.39 is 7.12 Å². The lowest BCUT2D eigenvalue weighted by molar-refractivity contribution is 0.174. The van der Waals surface area contributed by atoms with Gasteiger partial charge in [0.2, 0.25) is 6.79 Å². The molecule has 18 heavy (non-hydrogen) atoms. The molecule has 90 valence electrons. The Labute approximate surface area is 105 Å². The Bertz CT molecular complexity index is 569. The number of rotatable bonds is 2. The van der Waals surface area contributed by atoms with Crippen LogP contribution in [0.1, 0.15) is 0 Å². The van der Waals surface area contributed by atoms with Crippen LogP contribution in [0.2, 0.25) is 0 Å². The molecule has 2 N–H and O–H groups in total. The highest BCUT2D eigenvalue weighted by Gasteiger charge is 2.26. The molecular weight excluding hydrogens is 231 g/mol. The van der Waals surface area contributed by atoms with Crippen molar-refractivity contribution >= 4 is 12.6 Å². The molecule has 1 heterocycles. The van der Waals surface area contributed by atoms with Crippen LogP contribution in [0, 0.1) is 0 Å². The predicted octanol–water partition coefficient (Wildman–Crippen LogP) is 0.762. The average Bonchev–Trinajstić information content (AvgIpc) is 2.86. The van der Waals surface area contributed by atoms with Gasteiger partial charge in [0.25, 0.3) is 0 Å². The van der Waals surface area contributed by atoms with Gasteiger partial charge >= 0.3 is 7.12 Å². The maximum Gasteiger partial charge on any atom is 0.489 e. The van der Waals surface area contributed by atoms with E-state index in [1.165, 1.54) is 0 Å². The first kappa shape index (κ1) is 11.1. The molecule has 0 radical (unpaired) electrons. The molecule has 0 saturated carbocycles. The molecule has 3 rings (SSSR count). The highest BCUT2D eigenvalue weighted by Crippen LogP contribution is 2.40. The second kappa shape index (κ2) is 4.36. The number of hydrogen-bond acceptors (Lipinski definition) is 4. The third-order valence-corrected chi connectivity index (χ3v) is 2.91. The molecule has 0 aliphatic carbocycles. The Morgan fingerprint density at radius 1 is 0.944 bits per heavy atom. The molecule has 4 nitrogen and oxygen atoms in total. The fourth-order valence-corrected chi connectivity index (χ4v) is 2.11. The Morgan fingerprint density at radius 2 is 1.72 bits per heavy atom. The third-order valence-electron chi connectivity index (χ3n) is 2.91. The standard InChI is InChI=1S/C13H11BO4/c15-14(16)10-6-7-11-13(18-8-17-11)12(10)9-4-2-1-3-5-9/h1-7,15-16H,8H2. The van der Waals surface area contributed by atoms with Crippen LogP contribution in [0.5, 0.6) is 11.5 Å². The first-order valence-corrected chi connectivity index (χ1v) is 5.61. The van der Waals surface area contributed by atoms with Crippen LogP contribution < -0.4 is 14.9 Å². The van der Waals surface area contributed by atoms with Crippen LogP contribution >= 0.6 is 0 Å². The van der Waals surface area contributed by atoms with Crippen LogP contribution in [0.15, 0.2) is 42.5 Å². The third kappa shape index (κ3) is 1.74. The van der Waals surface area contributed by atoms with Crippen molar-refractivity contribution in [3.63, 3.8) is 0 Å². The van der Waals surface area contributed by atoms with Gasteiger partial charge in [-0.25, -0.2) is 0 Å². The summed E-state index contributed by atoms with van der Waals surface area (Å²) in [6.07, 6.45) is 0. The second-order valence-corrected chi connectivity index (χ2v) is 4.00. The molecule has 0 atom stereocenters. The van der Waals surface area contributed by atoms with Gasteiger partial charge in [-0.05, 0) is 17.1 Å². The SMILES string of the molecule is OB(O)c1ccc2c(c1-c1ccccc1)OCO2. The molecule has 2 aromatic rings. The summed E-state index contributed by atoms with van der Waals surface area (Å²) in [6, 6.07) is 12.8. The number of ether oxygens (including phenoxy) is 2. The zero-order valence-electron chi connectivity index (χ0n) is 9.54. The van der Waals surface area contributed by atoms with Gasteiger partial charge in [0.1, 0.15) is 0 Å².